The van der Waals surface area contributed by atoms with Crippen LogP contribution >= 0.6 is 0 Å². The van der Waals surface area contributed by atoms with Gasteiger partial charge in [0.2, 0.25) is 0 Å². The van der Waals surface area contributed by atoms with Crippen LogP contribution in [0.3, 0.4) is 0 Å². The van der Waals surface area contributed by atoms with Gasteiger partial charge in [-0.15, -0.1) is 0 Å². The van der Waals surface area contributed by atoms with Crippen molar-refractivity contribution in [1.29, 1.82) is 0 Å². The molecule has 1 aromatic carbocycles. The van der Waals surface area contributed by atoms with Crippen molar-refractivity contribution in [2.75, 3.05) is 6.54 Å². The van der Waals surface area contributed by atoms with E-state index < -0.39 is 0 Å². The number of hydrogen-bond acceptors (Lipinski definition) is 1. The second-order valence-corrected chi connectivity index (χ2v) is 3.40. The molecule has 1 rings (SSSR count). The minimum Gasteiger partial charge on any atom is -0.330 e. The highest BCUT2D eigenvalue weighted by Gasteiger charge is 1.97. The minimum atomic E-state index is 0.746. The van der Waals surface area contributed by atoms with Gasteiger partial charge in [-0.05, 0) is 42.5 Å². The quantitative estimate of drug-likeness (QED) is 0.750. The van der Waals surface area contributed by atoms with Crippen LogP contribution in [-0.4, -0.2) is 6.54 Å². The molecule has 0 aliphatic rings. The maximum atomic E-state index is 5.54. The Bertz CT molecular complexity index is 244. The molecule has 1 nitrogen and oxygen atoms in total. The van der Waals surface area contributed by atoms with E-state index in [4.69, 9.17) is 5.73 Å². The van der Waals surface area contributed by atoms with Gasteiger partial charge in [-0.25, -0.2) is 0 Å². The van der Waals surface area contributed by atoms with E-state index in [-0.39, 0.29) is 0 Å². The molecule has 0 aliphatic heterocycles. The Morgan fingerprint density at radius 3 is 1.77 bits per heavy atom. The SMILES string of the molecule is CCc1cc(CC)cc(CCN)c1. The van der Waals surface area contributed by atoms with Gasteiger partial charge in [-0.1, -0.05) is 32.0 Å². The minimum absolute atomic E-state index is 0.746. The Kier molecular flexibility index (Phi) is 3.97. The summed E-state index contributed by atoms with van der Waals surface area (Å²) in [5, 5.41) is 0. The van der Waals surface area contributed by atoms with E-state index in [1.807, 2.05) is 0 Å². The highest BCUT2D eigenvalue weighted by molar-refractivity contribution is 5.30. The lowest BCUT2D eigenvalue weighted by molar-refractivity contribution is 0.953. The smallest absolute Gasteiger partial charge is 0.00367 e. The summed E-state index contributed by atoms with van der Waals surface area (Å²) < 4.78 is 0. The maximum absolute atomic E-state index is 5.54. The van der Waals surface area contributed by atoms with Crippen molar-refractivity contribution < 1.29 is 0 Å². The van der Waals surface area contributed by atoms with Gasteiger partial charge in [0.05, 0.1) is 0 Å². The maximum Gasteiger partial charge on any atom is -0.00367 e. The van der Waals surface area contributed by atoms with Gasteiger partial charge in [-0.2, -0.15) is 0 Å². The molecule has 0 heterocycles. The van der Waals surface area contributed by atoms with E-state index in [1.165, 1.54) is 16.7 Å². The van der Waals surface area contributed by atoms with Gasteiger partial charge in [0.1, 0.15) is 0 Å². The van der Waals surface area contributed by atoms with Crippen LogP contribution in [0.2, 0.25) is 0 Å². The average Bonchev–Trinajstić information content (AvgIpc) is 2.17. The Morgan fingerprint density at radius 1 is 0.923 bits per heavy atom. The van der Waals surface area contributed by atoms with Gasteiger partial charge in [0.15, 0.2) is 0 Å². The standard InChI is InChI=1S/C12H19N/c1-3-10-7-11(4-2)9-12(8-10)5-6-13/h7-9H,3-6,13H2,1-2H3. The lowest BCUT2D eigenvalue weighted by Crippen LogP contribution is -2.03. The third kappa shape index (κ3) is 2.85. The summed E-state index contributed by atoms with van der Waals surface area (Å²) in [4.78, 5) is 0. The number of aryl methyl sites for hydroxylation is 2. The molecule has 0 saturated heterocycles. The fourth-order valence-corrected chi connectivity index (χ4v) is 1.56. The zero-order valence-electron chi connectivity index (χ0n) is 8.64. The van der Waals surface area contributed by atoms with Gasteiger partial charge < -0.3 is 5.73 Å². The first kappa shape index (κ1) is 10.3. The van der Waals surface area contributed by atoms with E-state index in [1.54, 1.807) is 0 Å². The molecule has 0 amide bonds. The number of benzene rings is 1. The predicted octanol–water partition coefficient (Wildman–Crippen LogP) is 2.31. The van der Waals surface area contributed by atoms with E-state index in [0.717, 1.165) is 25.8 Å². The third-order valence-electron chi connectivity index (χ3n) is 2.36. The van der Waals surface area contributed by atoms with E-state index in [0.29, 0.717) is 0 Å². The summed E-state index contributed by atoms with van der Waals surface area (Å²) in [6.07, 6.45) is 3.23. The van der Waals surface area contributed by atoms with E-state index in [2.05, 4.69) is 32.0 Å². The van der Waals surface area contributed by atoms with Crippen LogP contribution in [0.4, 0.5) is 0 Å². The van der Waals surface area contributed by atoms with Crippen molar-refractivity contribution >= 4 is 0 Å². The first-order valence-electron chi connectivity index (χ1n) is 5.12. The number of nitrogens with two attached hydrogens (primary N) is 1. The zero-order valence-corrected chi connectivity index (χ0v) is 8.64. The van der Waals surface area contributed by atoms with Gasteiger partial charge in [0, 0.05) is 0 Å². The first-order valence-corrected chi connectivity index (χ1v) is 5.12. The molecule has 13 heavy (non-hydrogen) atoms. The number of rotatable bonds is 4. The molecule has 0 spiro atoms. The molecular formula is C12H19N. The monoisotopic (exact) mass is 177 g/mol. The molecule has 0 saturated carbocycles. The van der Waals surface area contributed by atoms with Crippen LogP contribution in [-0.2, 0) is 19.3 Å². The van der Waals surface area contributed by atoms with E-state index in [9.17, 15) is 0 Å². The summed E-state index contributed by atoms with van der Waals surface area (Å²) in [5.74, 6) is 0. The summed E-state index contributed by atoms with van der Waals surface area (Å²) >= 11 is 0. The summed E-state index contributed by atoms with van der Waals surface area (Å²) in [6, 6.07) is 6.83. The molecule has 72 valence electrons. The van der Waals surface area contributed by atoms with Crippen LogP contribution in [0.15, 0.2) is 18.2 Å². The van der Waals surface area contributed by atoms with Crippen molar-refractivity contribution in [1.82, 2.24) is 0 Å². The Hall–Kier alpha value is -0.820. The predicted molar refractivity (Wildman–Crippen MR) is 58.0 cm³/mol. The van der Waals surface area contributed by atoms with Crippen LogP contribution in [0.25, 0.3) is 0 Å². The van der Waals surface area contributed by atoms with Crippen LogP contribution in [0.1, 0.15) is 30.5 Å². The lowest BCUT2D eigenvalue weighted by atomic mass is 10.0. The highest BCUT2D eigenvalue weighted by atomic mass is 14.5. The summed E-state index contributed by atoms with van der Waals surface area (Å²) in [5.41, 5.74) is 9.80. The lowest BCUT2D eigenvalue weighted by Gasteiger charge is -2.06. The van der Waals surface area contributed by atoms with Crippen molar-refractivity contribution in [3.63, 3.8) is 0 Å². The molecule has 0 aliphatic carbocycles. The Labute approximate surface area is 81.0 Å². The molecule has 0 bridgehead atoms. The fourth-order valence-electron chi connectivity index (χ4n) is 1.56. The van der Waals surface area contributed by atoms with E-state index >= 15 is 0 Å². The Balaban J connectivity index is 2.93. The molecule has 1 heteroatoms. The van der Waals surface area contributed by atoms with Crippen molar-refractivity contribution in [2.45, 2.75) is 33.1 Å². The Morgan fingerprint density at radius 2 is 1.38 bits per heavy atom. The normalized spacial score (nSPS) is 10.4. The summed E-state index contributed by atoms with van der Waals surface area (Å²) in [7, 11) is 0. The third-order valence-corrected chi connectivity index (χ3v) is 2.36. The fraction of sp³-hybridized carbons (Fsp3) is 0.500. The van der Waals surface area contributed by atoms with Gasteiger partial charge in [0.25, 0.3) is 0 Å². The first-order chi connectivity index (χ1) is 6.30. The number of hydrogen-bond donors (Lipinski definition) is 1. The average molecular weight is 177 g/mol. The molecule has 2 N–H and O–H groups in total. The van der Waals surface area contributed by atoms with Gasteiger partial charge in [-0.3, -0.25) is 0 Å². The highest BCUT2D eigenvalue weighted by Crippen LogP contribution is 2.12. The van der Waals surface area contributed by atoms with Gasteiger partial charge >= 0.3 is 0 Å². The van der Waals surface area contributed by atoms with Crippen molar-refractivity contribution in [3.05, 3.63) is 34.9 Å². The van der Waals surface area contributed by atoms with Crippen LogP contribution < -0.4 is 5.73 Å². The summed E-state index contributed by atoms with van der Waals surface area (Å²) in [6.45, 7) is 5.14. The topological polar surface area (TPSA) is 26.0 Å². The second kappa shape index (κ2) is 5.03. The largest absolute Gasteiger partial charge is 0.330 e. The molecule has 1 aromatic rings. The molecule has 0 unspecified atom stereocenters. The molecule has 0 atom stereocenters. The second-order valence-electron chi connectivity index (χ2n) is 3.40. The molecule has 0 aromatic heterocycles. The van der Waals surface area contributed by atoms with Crippen molar-refractivity contribution in [3.8, 4) is 0 Å². The van der Waals surface area contributed by atoms with Crippen molar-refractivity contribution in [2.24, 2.45) is 5.73 Å². The molecular weight excluding hydrogens is 158 g/mol. The zero-order chi connectivity index (χ0) is 9.68. The van der Waals surface area contributed by atoms with Crippen LogP contribution in [0.5, 0.6) is 0 Å². The molecule has 0 fully saturated rings. The van der Waals surface area contributed by atoms with Crippen LogP contribution in [0, 0.1) is 0 Å². The molecule has 0 radical (unpaired) electrons.